The zero-order valence-corrected chi connectivity index (χ0v) is 20.4. The van der Waals surface area contributed by atoms with Crippen LogP contribution in [-0.2, 0) is 10.2 Å². The molecule has 2 aliphatic rings. The normalized spacial score (nSPS) is 19.0. The summed E-state index contributed by atoms with van der Waals surface area (Å²) in [5, 5.41) is 0. The molecule has 1 atom stereocenters. The number of aromatic nitrogens is 2. The van der Waals surface area contributed by atoms with E-state index >= 15 is 0 Å². The standard InChI is InChI=1S/C28H32N4O3/c1-34-21-12-10-20(11-13-21)28(14-3-4-15-28)26(33)32-16-6-9-24(32)25-23(18-30-27(29)31-25)19-7-5-8-22(17-19)35-2/h5,7-8,10-13,17-18,24H,3-4,6,9,14-16H2,1-2H3,(H2,29,30,31)/t24-/m1/s1. The third kappa shape index (κ3) is 4.20. The number of likely N-dealkylation sites (tertiary alicyclic amines) is 1. The molecule has 2 aromatic carbocycles. The first-order valence-electron chi connectivity index (χ1n) is 12.3. The highest BCUT2D eigenvalue weighted by atomic mass is 16.5. The summed E-state index contributed by atoms with van der Waals surface area (Å²) < 4.78 is 10.8. The molecule has 0 spiro atoms. The van der Waals surface area contributed by atoms with E-state index in [1.807, 2.05) is 41.3 Å². The van der Waals surface area contributed by atoms with E-state index in [9.17, 15) is 4.79 Å². The molecule has 2 heterocycles. The second-order valence-electron chi connectivity index (χ2n) is 9.43. The molecule has 0 bridgehead atoms. The number of carbonyl (C=O) groups is 1. The van der Waals surface area contributed by atoms with Crippen LogP contribution in [0, 0.1) is 0 Å². The molecule has 7 heteroatoms. The number of benzene rings is 2. The first kappa shape index (κ1) is 23.1. The molecular weight excluding hydrogens is 440 g/mol. The maximum atomic E-state index is 14.3. The highest BCUT2D eigenvalue weighted by molar-refractivity contribution is 5.89. The topological polar surface area (TPSA) is 90.6 Å². The van der Waals surface area contributed by atoms with Crippen LogP contribution in [0.1, 0.15) is 55.8 Å². The van der Waals surface area contributed by atoms with Gasteiger partial charge in [-0.25, -0.2) is 9.97 Å². The van der Waals surface area contributed by atoms with Crippen LogP contribution < -0.4 is 15.2 Å². The van der Waals surface area contributed by atoms with Crippen molar-refractivity contribution in [2.75, 3.05) is 26.5 Å². The Morgan fingerprint density at radius 1 is 1.03 bits per heavy atom. The molecule has 1 amide bonds. The molecule has 1 aliphatic carbocycles. The summed E-state index contributed by atoms with van der Waals surface area (Å²) in [7, 11) is 3.31. The summed E-state index contributed by atoms with van der Waals surface area (Å²) in [5.74, 6) is 1.97. The fourth-order valence-electron chi connectivity index (χ4n) is 5.76. The van der Waals surface area contributed by atoms with Gasteiger partial charge in [-0.2, -0.15) is 0 Å². The van der Waals surface area contributed by atoms with Crippen molar-refractivity contribution in [2.45, 2.75) is 50.0 Å². The average molecular weight is 473 g/mol. The van der Waals surface area contributed by atoms with Gasteiger partial charge in [0.2, 0.25) is 11.9 Å². The van der Waals surface area contributed by atoms with Gasteiger partial charge in [-0.1, -0.05) is 37.1 Å². The lowest BCUT2D eigenvalue weighted by Gasteiger charge is -2.36. The van der Waals surface area contributed by atoms with Crippen LogP contribution in [0.4, 0.5) is 5.95 Å². The van der Waals surface area contributed by atoms with Gasteiger partial charge in [0.25, 0.3) is 0 Å². The molecule has 1 aliphatic heterocycles. The van der Waals surface area contributed by atoms with Crippen molar-refractivity contribution in [3.8, 4) is 22.6 Å². The maximum Gasteiger partial charge on any atom is 0.233 e. The Morgan fingerprint density at radius 3 is 2.49 bits per heavy atom. The minimum Gasteiger partial charge on any atom is -0.497 e. The zero-order chi connectivity index (χ0) is 24.4. The number of carbonyl (C=O) groups excluding carboxylic acids is 1. The van der Waals surface area contributed by atoms with Gasteiger partial charge in [0.1, 0.15) is 11.5 Å². The van der Waals surface area contributed by atoms with Crippen LogP contribution in [0.15, 0.2) is 54.7 Å². The van der Waals surface area contributed by atoms with Gasteiger partial charge in [0.05, 0.1) is 31.4 Å². The number of hydrogen-bond acceptors (Lipinski definition) is 6. The van der Waals surface area contributed by atoms with Gasteiger partial charge in [0.15, 0.2) is 0 Å². The first-order valence-corrected chi connectivity index (χ1v) is 12.3. The highest BCUT2D eigenvalue weighted by Crippen LogP contribution is 2.46. The lowest BCUT2D eigenvalue weighted by Crippen LogP contribution is -2.45. The predicted molar refractivity (Wildman–Crippen MR) is 135 cm³/mol. The molecule has 35 heavy (non-hydrogen) atoms. The van der Waals surface area contributed by atoms with E-state index in [-0.39, 0.29) is 17.9 Å². The van der Waals surface area contributed by atoms with Crippen LogP contribution in [0.25, 0.3) is 11.1 Å². The second-order valence-corrected chi connectivity index (χ2v) is 9.43. The van der Waals surface area contributed by atoms with E-state index in [1.54, 1.807) is 20.4 Å². The van der Waals surface area contributed by atoms with Crippen molar-refractivity contribution in [1.82, 2.24) is 14.9 Å². The lowest BCUT2D eigenvalue weighted by molar-refractivity contribution is -0.138. The van der Waals surface area contributed by atoms with Crippen LogP contribution in [-0.4, -0.2) is 41.5 Å². The number of amides is 1. The number of nitrogens with zero attached hydrogens (tertiary/aromatic N) is 3. The van der Waals surface area contributed by atoms with Crippen molar-refractivity contribution in [1.29, 1.82) is 0 Å². The number of nitrogen functional groups attached to an aromatic ring is 1. The minimum absolute atomic E-state index is 0.148. The third-order valence-corrected chi connectivity index (χ3v) is 7.56. The van der Waals surface area contributed by atoms with Crippen LogP contribution >= 0.6 is 0 Å². The summed E-state index contributed by atoms with van der Waals surface area (Å²) in [5.41, 5.74) is 9.25. The number of nitrogens with two attached hydrogens (primary N) is 1. The third-order valence-electron chi connectivity index (χ3n) is 7.56. The monoisotopic (exact) mass is 472 g/mol. The van der Waals surface area contributed by atoms with E-state index in [1.165, 1.54) is 0 Å². The molecule has 5 rings (SSSR count). The minimum atomic E-state index is -0.510. The largest absolute Gasteiger partial charge is 0.497 e. The molecular formula is C28H32N4O3. The van der Waals surface area contributed by atoms with E-state index < -0.39 is 5.41 Å². The number of methoxy groups -OCH3 is 2. The average Bonchev–Trinajstić information content (AvgIpc) is 3.59. The highest BCUT2D eigenvalue weighted by Gasteiger charge is 2.48. The van der Waals surface area contributed by atoms with Gasteiger partial charge in [-0.3, -0.25) is 4.79 Å². The molecule has 7 nitrogen and oxygen atoms in total. The van der Waals surface area contributed by atoms with Gasteiger partial charge in [-0.05, 0) is 61.1 Å². The van der Waals surface area contributed by atoms with Crippen LogP contribution in [0.3, 0.4) is 0 Å². The van der Waals surface area contributed by atoms with Crippen molar-refractivity contribution in [2.24, 2.45) is 0 Å². The van der Waals surface area contributed by atoms with Gasteiger partial charge >= 0.3 is 0 Å². The molecule has 1 aromatic heterocycles. The van der Waals surface area contributed by atoms with Crippen molar-refractivity contribution in [3.63, 3.8) is 0 Å². The lowest BCUT2D eigenvalue weighted by atomic mass is 9.77. The molecule has 0 unspecified atom stereocenters. The number of ether oxygens (including phenoxy) is 2. The Morgan fingerprint density at radius 2 is 1.77 bits per heavy atom. The Hall–Kier alpha value is -3.61. The Balaban J connectivity index is 1.54. The van der Waals surface area contributed by atoms with Crippen molar-refractivity contribution >= 4 is 11.9 Å². The Kier molecular flexibility index (Phi) is 6.32. The summed E-state index contributed by atoms with van der Waals surface area (Å²) in [6.45, 7) is 0.711. The summed E-state index contributed by atoms with van der Waals surface area (Å²) in [6, 6.07) is 15.7. The predicted octanol–water partition coefficient (Wildman–Crippen LogP) is 4.92. The quantitative estimate of drug-likeness (QED) is 0.548. The SMILES string of the molecule is COc1ccc(C2(C(=O)N3CCC[C@@H]3c3nc(N)ncc3-c3cccc(OC)c3)CCCC2)cc1. The molecule has 3 aromatic rings. The van der Waals surface area contributed by atoms with E-state index in [0.29, 0.717) is 6.54 Å². The molecule has 0 radical (unpaired) electrons. The first-order chi connectivity index (χ1) is 17.1. The second kappa shape index (κ2) is 9.56. The Bertz CT molecular complexity index is 1210. The molecule has 1 saturated carbocycles. The van der Waals surface area contributed by atoms with E-state index in [0.717, 1.165) is 72.4 Å². The fourth-order valence-corrected chi connectivity index (χ4v) is 5.76. The zero-order valence-electron chi connectivity index (χ0n) is 20.4. The smallest absolute Gasteiger partial charge is 0.233 e. The molecule has 1 saturated heterocycles. The fraction of sp³-hybridized carbons (Fsp3) is 0.393. The van der Waals surface area contributed by atoms with E-state index in [2.05, 4.69) is 22.1 Å². The number of hydrogen-bond donors (Lipinski definition) is 1. The van der Waals surface area contributed by atoms with Crippen molar-refractivity contribution in [3.05, 3.63) is 66.0 Å². The van der Waals surface area contributed by atoms with Crippen LogP contribution in [0.2, 0.25) is 0 Å². The van der Waals surface area contributed by atoms with E-state index in [4.69, 9.17) is 15.2 Å². The summed E-state index contributed by atoms with van der Waals surface area (Å²) in [6.07, 6.45) is 7.35. The summed E-state index contributed by atoms with van der Waals surface area (Å²) in [4.78, 5) is 25.3. The van der Waals surface area contributed by atoms with Gasteiger partial charge in [-0.15, -0.1) is 0 Å². The molecule has 2 N–H and O–H groups in total. The van der Waals surface area contributed by atoms with Crippen LogP contribution in [0.5, 0.6) is 11.5 Å². The van der Waals surface area contributed by atoms with Gasteiger partial charge in [0, 0.05) is 18.3 Å². The summed E-state index contributed by atoms with van der Waals surface area (Å²) >= 11 is 0. The Labute approximate surface area is 206 Å². The number of anilines is 1. The number of rotatable bonds is 6. The van der Waals surface area contributed by atoms with Gasteiger partial charge < -0.3 is 20.1 Å². The van der Waals surface area contributed by atoms with Crippen molar-refractivity contribution < 1.29 is 14.3 Å². The maximum absolute atomic E-state index is 14.3. The molecule has 2 fully saturated rings. The molecule has 182 valence electrons.